The summed E-state index contributed by atoms with van der Waals surface area (Å²) in [5, 5.41) is 13.9. The molecular formula is C6H11NaO5. The molecular weight excluding hydrogens is 175 g/mol. The van der Waals surface area contributed by atoms with Crippen molar-refractivity contribution >= 4 is 12.6 Å². The van der Waals surface area contributed by atoms with E-state index in [1.54, 1.807) is 20.8 Å². The summed E-state index contributed by atoms with van der Waals surface area (Å²) in [4.78, 5) is 18.0. The summed E-state index contributed by atoms with van der Waals surface area (Å²) in [7, 11) is 0. The third-order valence-electron chi connectivity index (χ3n) is 0.348. The van der Waals surface area contributed by atoms with E-state index in [-0.39, 0.29) is 35.2 Å². The van der Waals surface area contributed by atoms with Crippen molar-refractivity contribution in [2.45, 2.75) is 26.4 Å². The molecule has 5 nitrogen and oxygen atoms in total. The summed E-state index contributed by atoms with van der Waals surface area (Å²) < 4.78 is 4.42. The predicted octanol–water partition coefficient (Wildman–Crippen LogP) is -1.90. The summed E-state index contributed by atoms with van der Waals surface area (Å²) in [5.41, 5.74) is -0.373. The van der Waals surface area contributed by atoms with Gasteiger partial charge in [0.15, 0.2) is 0 Å². The van der Waals surface area contributed by atoms with E-state index in [0.717, 1.165) is 0 Å². The van der Waals surface area contributed by atoms with Crippen molar-refractivity contribution in [1.29, 1.82) is 0 Å². The minimum atomic E-state index is -1.83. The maximum Gasteiger partial charge on any atom is 1.00 e. The maximum atomic E-state index is 9.47. The van der Waals surface area contributed by atoms with Crippen LogP contribution in [0, 0.1) is 0 Å². The second kappa shape index (κ2) is 8.83. The van der Waals surface area contributed by atoms with E-state index >= 15 is 0 Å². The first-order chi connectivity index (χ1) is 4.79. The van der Waals surface area contributed by atoms with Crippen molar-refractivity contribution < 1.29 is 54.1 Å². The molecule has 0 unspecified atom stereocenters. The van der Waals surface area contributed by atoms with Crippen molar-refractivity contribution in [1.82, 2.24) is 0 Å². The molecule has 0 aromatic heterocycles. The van der Waals surface area contributed by atoms with E-state index in [4.69, 9.17) is 15.0 Å². The van der Waals surface area contributed by atoms with Gasteiger partial charge in [-0.15, -0.1) is 0 Å². The zero-order valence-corrected chi connectivity index (χ0v) is 9.62. The first-order valence-corrected chi connectivity index (χ1v) is 2.76. The molecule has 0 aliphatic carbocycles. The minimum absolute atomic E-state index is 0. The Labute approximate surface area is 93.0 Å². The molecule has 0 saturated carbocycles. The summed E-state index contributed by atoms with van der Waals surface area (Å²) in [6.45, 7) is 6.73. The van der Waals surface area contributed by atoms with Gasteiger partial charge >= 0.3 is 35.7 Å². The summed E-state index contributed by atoms with van der Waals surface area (Å²) >= 11 is 0. The Morgan fingerprint density at radius 2 is 1.58 bits per heavy atom. The third kappa shape index (κ3) is 53.2. The molecule has 0 aliphatic rings. The number of ether oxygens (including phenoxy) is 1. The van der Waals surface area contributed by atoms with Crippen molar-refractivity contribution in [3.05, 3.63) is 0 Å². The van der Waals surface area contributed by atoms with Gasteiger partial charge in [-0.1, -0.05) is 6.47 Å². The van der Waals surface area contributed by atoms with Crippen LogP contribution in [-0.2, 0) is 9.53 Å². The van der Waals surface area contributed by atoms with Gasteiger partial charge in [0.05, 0.1) is 5.60 Å². The van der Waals surface area contributed by atoms with E-state index in [0.29, 0.717) is 0 Å². The molecule has 0 aliphatic heterocycles. The molecule has 0 spiro atoms. The van der Waals surface area contributed by atoms with E-state index in [1.807, 2.05) is 0 Å². The Morgan fingerprint density at radius 3 is 1.58 bits per heavy atom. The second-order valence-corrected chi connectivity index (χ2v) is 2.58. The van der Waals surface area contributed by atoms with Gasteiger partial charge in [0.1, 0.15) is 0 Å². The molecule has 0 atom stereocenters. The van der Waals surface area contributed by atoms with Gasteiger partial charge < -0.3 is 19.7 Å². The van der Waals surface area contributed by atoms with Crippen molar-refractivity contribution in [2.75, 3.05) is 0 Å². The van der Waals surface area contributed by atoms with E-state index in [2.05, 4.69) is 4.74 Å². The number of rotatable bonds is 1. The van der Waals surface area contributed by atoms with Crippen LogP contribution in [0.2, 0.25) is 0 Å². The Morgan fingerprint density at radius 1 is 1.33 bits per heavy atom. The van der Waals surface area contributed by atoms with E-state index < -0.39 is 6.16 Å². The Bertz CT molecular complexity index is 124. The van der Waals surface area contributed by atoms with Crippen molar-refractivity contribution in [2.24, 2.45) is 0 Å². The molecule has 0 bridgehead atoms. The average molecular weight is 186 g/mol. The van der Waals surface area contributed by atoms with Crippen LogP contribution < -0.4 is 29.6 Å². The average Bonchev–Trinajstić information content (AvgIpc) is 1.58. The standard InChI is InChI=1S/C5H9O2.CH2O3.Na/c1-5(2,3)7-4-6;2-1(3)4;/h1-3H3;(H2,2,3,4);/q-1;;+1. The zero-order chi connectivity index (χ0) is 9.49. The van der Waals surface area contributed by atoms with E-state index in [9.17, 15) is 4.79 Å². The molecule has 66 valence electrons. The molecule has 12 heavy (non-hydrogen) atoms. The van der Waals surface area contributed by atoms with E-state index in [1.165, 1.54) is 6.47 Å². The number of carboxylic acid groups (broad SMARTS) is 2. The number of carbonyl (C=O) groups excluding carboxylic acids is 1. The minimum Gasteiger partial charge on any atom is -0.649 e. The number of hydrogen-bond acceptors (Lipinski definition) is 3. The molecule has 2 N–H and O–H groups in total. The predicted molar refractivity (Wildman–Crippen MR) is 37.2 cm³/mol. The van der Waals surface area contributed by atoms with Crippen LogP contribution in [0.3, 0.4) is 0 Å². The van der Waals surface area contributed by atoms with Gasteiger partial charge in [-0.2, -0.15) is 0 Å². The normalized spacial score (nSPS) is 8.25. The molecule has 6 heteroatoms. The van der Waals surface area contributed by atoms with Crippen molar-refractivity contribution in [3.8, 4) is 0 Å². The Balaban J connectivity index is -0.000000142. The molecule has 0 saturated heterocycles. The second-order valence-electron chi connectivity index (χ2n) is 2.58. The fourth-order valence-electron chi connectivity index (χ4n) is 0.125. The van der Waals surface area contributed by atoms with Gasteiger partial charge in [-0.05, 0) is 20.8 Å². The molecule has 0 heterocycles. The number of hydrogen-bond donors (Lipinski definition) is 2. The Hall–Kier alpha value is -0.260. The van der Waals surface area contributed by atoms with Crippen molar-refractivity contribution in [3.63, 3.8) is 0 Å². The van der Waals surface area contributed by atoms with Gasteiger partial charge in [-0.3, -0.25) is 0 Å². The molecule has 0 radical (unpaired) electrons. The third-order valence-corrected chi connectivity index (χ3v) is 0.348. The van der Waals surface area contributed by atoms with Crippen LogP contribution in [0.15, 0.2) is 0 Å². The fourth-order valence-corrected chi connectivity index (χ4v) is 0.125. The monoisotopic (exact) mass is 186 g/mol. The molecule has 0 rings (SSSR count). The smallest absolute Gasteiger partial charge is 0.649 e. The summed E-state index contributed by atoms with van der Waals surface area (Å²) in [6.07, 6.45) is -1.83. The summed E-state index contributed by atoms with van der Waals surface area (Å²) in [5.74, 6) is 0. The van der Waals surface area contributed by atoms with Crippen LogP contribution in [0.4, 0.5) is 4.79 Å². The first-order valence-electron chi connectivity index (χ1n) is 2.76. The zero-order valence-electron chi connectivity index (χ0n) is 7.62. The molecule has 0 fully saturated rings. The molecule has 0 amide bonds. The van der Waals surface area contributed by atoms with Gasteiger partial charge in [0.25, 0.3) is 0 Å². The first kappa shape index (κ1) is 17.7. The molecule has 0 aromatic carbocycles. The number of carbonyl (C=O) groups is 1. The van der Waals surface area contributed by atoms with Gasteiger partial charge in [-0.25, -0.2) is 4.79 Å². The largest absolute Gasteiger partial charge is 1.00 e. The Kier molecular flexibility index (Phi) is 13.0. The SMILES string of the molecule is CC(C)(C)O[C-]=O.O=C(O)O.[Na+]. The summed E-state index contributed by atoms with van der Waals surface area (Å²) in [6, 6.07) is 0. The van der Waals surface area contributed by atoms with Crippen LogP contribution in [0.5, 0.6) is 0 Å². The quantitative estimate of drug-likeness (QED) is 0.369. The fraction of sp³-hybridized carbons (Fsp3) is 0.667. The topological polar surface area (TPSA) is 83.8 Å². The van der Waals surface area contributed by atoms with Gasteiger partial charge in [0.2, 0.25) is 0 Å². The van der Waals surface area contributed by atoms with Gasteiger partial charge in [0, 0.05) is 0 Å². The molecule has 0 aromatic rings. The maximum absolute atomic E-state index is 9.47. The van der Waals surface area contributed by atoms with Crippen LogP contribution in [-0.4, -0.2) is 28.4 Å². The van der Waals surface area contributed by atoms with Crippen LogP contribution >= 0.6 is 0 Å². The van der Waals surface area contributed by atoms with Crippen LogP contribution in [0.1, 0.15) is 20.8 Å². The van der Waals surface area contributed by atoms with Crippen LogP contribution in [0.25, 0.3) is 0 Å².